The van der Waals surface area contributed by atoms with E-state index in [1.54, 1.807) is 31.0 Å². The molecule has 1 aliphatic carbocycles. The number of hydrogen-bond acceptors (Lipinski definition) is 5. The molecule has 4 rings (SSSR count). The van der Waals surface area contributed by atoms with Crippen LogP contribution < -0.4 is 14.2 Å². The van der Waals surface area contributed by atoms with Crippen molar-refractivity contribution in [1.82, 2.24) is 4.72 Å². The lowest BCUT2D eigenvalue weighted by molar-refractivity contribution is 0.234. The van der Waals surface area contributed by atoms with Gasteiger partial charge >= 0.3 is 0 Å². The molecule has 7 heteroatoms. The first kappa shape index (κ1) is 23.7. The predicted molar refractivity (Wildman–Crippen MR) is 133 cm³/mol. The molecule has 0 saturated carbocycles. The van der Waals surface area contributed by atoms with Crippen LogP contribution in [0, 0.1) is 6.92 Å². The second-order valence-electron chi connectivity index (χ2n) is 8.43. The first-order chi connectivity index (χ1) is 15.8. The fraction of sp³-hybridized carbons (Fsp3) is 0.308. The van der Waals surface area contributed by atoms with E-state index in [-0.39, 0.29) is 22.3 Å². The smallest absolute Gasteiger partial charge is 0.241 e. The molecule has 0 fully saturated rings. The van der Waals surface area contributed by atoms with Crippen molar-refractivity contribution in [2.45, 2.75) is 54.4 Å². The molecule has 0 heterocycles. The summed E-state index contributed by atoms with van der Waals surface area (Å²) in [5.74, 6) is 1.46. The van der Waals surface area contributed by atoms with E-state index in [0.29, 0.717) is 5.75 Å². The minimum Gasteiger partial charge on any atom is -0.495 e. The third-order valence-electron chi connectivity index (χ3n) is 5.59. The molecular weight excluding hydrogens is 454 g/mol. The van der Waals surface area contributed by atoms with Crippen molar-refractivity contribution < 1.29 is 17.9 Å². The van der Waals surface area contributed by atoms with Gasteiger partial charge in [-0.3, -0.25) is 0 Å². The Morgan fingerprint density at radius 3 is 2.36 bits per heavy atom. The van der Waals surface area contributed by atoms with Crippen LogP contribution in [0.15, 0.2) is 76.5 Å². The van der Waals surface area contributed by atoms with Gasteiger partial charge in [0.25, 0.3) is 0 Å². The molecular formula is C26H29NO4S2. The Balaban J connectivity index is 1.69. The van der Waals surface area contributed by atoms with Gasteiger partial charge in [-0.1, -0.05) is 48.0 Å². The fourth-order valence-electron chi connectivity index (χ4n) is 4.03. The molecule has 3 aromatic rings. The lowest BCUT2D eigenvalue weighted by atomic mass is 10.1. The highest BCUT2D eigenvalue weighted by atomic mass is 32.2. The molecule has 1 aliphatic rings. The molecule has 0 saturated heterocycles. The average Bonchev–Trinajstić information content (AvgIpc) is 3.11. The monoisotopic (exact) mass is 483 g/mol. The molecule has 0 aliphatic heterocycles. The Kier molecular flexibility index (Phi) is 7.02. The number of fused-ring (bicyclic) bond motifs is 1. The average molecular weight is 484 g/mol. The van der Waals surface area contributed by atoms with Gasteiger partial charge in [-0.25, -0.2) is 13.1 Å². The fourth-order valence-corrected chi connectivity index (χ4v) is 6.79. The first-order valence-electron chi connectivity index (χ1n) is 11.0. The van der Waals surface area contributed by atoms with Crippen molar-refractivity contribution in [2.75, 3.05) is 7.11 Å². The maximum atomic E-state index is 13.3. The highest BCUT2D eigenvalue weighted by Crippen LogP contribution is 2.47. The Labute approximate surface area is 200 Å². The zero-order chi connectivity index (χ0) is 23.6. The number of sulfonamides is 1. The molecule has 5 nitrogen and oxygen atoms in total. The van der Waals surface area contributed by atoms with Gasteiger partial charge in [-0.05, 0) is 62.6 Å². The van der Waals surface area contributed by atoms with Crippen LogP contribution in [0.3, 0.4) is 0 Å². The molecule has 3 aromatic carbocycles. The summed E-state index contributed by atoms with van der Waals surface area (Å²) in [5.41, 5.74) is 3.17. The Morgan fingerprint density at radius 2 is 1.67 bits per heavy atom. The SMILES string of the molecule is COc1cccc(OC(C)C)c1S[C@H]1Cc2ccccc2[C@@H]1NS(=O)(=O)c1ccc(C)cc1. The standard InChI is InChI=1S/C26H29NO4S2/c1-17(2)31-23-11-7-10-22(30-4)26(23)32-24-16-19-8-5-6-9-21(19)25(24)27-33(28,29)20-14-12-18(3)13-15-20/h5-15,17,24-25,27H,16H2,1-4H3/t24-,25-/m0/s1. The second-order valence-corrected chi connectivity index (χ2v) is 11.4. The number of methoxy groups -OCH3 is 1. The largest absolute Gasteiger partial charge is 0.495 e. The number of nitrogens with one attached hydrogen (secondary N) is 1. The van der Waals surface area contributed by atoms with Gasteiger partial charge in [0.05, 0.1) is 29.0 Å². The molecule has 2 atom stereocenters. The van der Waals surface area contributed by atoms with Gasteiger partial charge < -0.3 is 9.47 Å². The van der Waals surface area contributed by atoms with Crippen molar-refractivity contribution in [3.63, 3.8) is 0 Å². The van der Waals surface area contributed by atoms with Crippen molar-refractivity contribution in [3.05, 3.63) is 83.4 Å². The van der Waals surface area contributed by atoms with Crippen molar-refractivity contribution >= 4 is 21.8 Å². The number of benzene rings is 3. The summed E-state index contributed by atoms with van der Waals surface area (Å²) < 4.78 is 41.2. The van der Waals surface area contributed by atoms with Crippen LogP contribution in [0.5, 0.6) is 11.5 Å². The number of hydrogen-bond donors (Lipinski definition) is 1. The Hall–Kier alpha value is -2.48. The van der Waals surface area contributed by atoms with E-state index >= 15 is 0 Å². The number of thioether (sulfide) groups is 1. The maximum absolute atomic E-state index is 13.3. The van der Waals surface area contributed by atoms with Gasteiger partial charge in [0.1, 0.15) is 11.5 Å². The summed E-state index contributed by atoms with van der Waals surface area (Å²) in [6.07, 6.45) is 0.745. The van der Waals surface area contributed by atoms with Crippen LogP contribution in [-0.2, 0) is 16.4 Å². The molecule has 33 heavy (non-hydrogen) atoms. The third kappa shape index (κ3) is 5.21. The van der Waals surface area contributed by atoms with Crippen molar-refractivity contribution in [2.24, 2.45) is 0 Å². The Bertz CT molecular complexity index is 1220. The van der Waals surface area contributed by atoms with Crippen LogP contribution in [0.2, 0.25) is 0 Å². The van der Waals surface area contributed by atoms with Gasteiger partial charge in [0.2, 0.25) is 10.0 Å². The number of ether oxygens (including phenoxy) is 2. The van der Waals surface area contributed by atoms with E-state index in [0.717, 1.165) is 33.8 Å². The van der Waals surface area contributed by atoms with Gasteiger partial charge in [0, 0.05) is 5.25 Å². The molecule has 0 bridgehead atoms. The third-order valence-corrected chi connectivity index (χ3v) is 8.43. The molecule has 0 amide bonds. The summed E-state index contributed by atoms with van der Waals surface area (Å²) in [5, 5.41) is -0.0616. The van der Waals surface area contributed by atoms with Crippen LogP contribution >= 0.6 is 11.8 Å². The first-order valence-corrected chi connectivity index (χ1v) is 13.3. The van der Waals surface area contributed by atoms with E-state index in [2.05, 4.69) is 10.8 Å². The summed E-state index contributed by atoms with van der Waals surface area (Å²) in [7, 11) is -2.06. The molecule has 1 N–H and O–H groups in total. The minimum atomic E-state index is -3.70. The van der Waals surface area contributed by atoms with Crippen LogP contribution in [0.25, 0.3) is 0 Å². The van der Waals surface area contributed by atoms with Crippen LogP contribution in [-0.4, -0.2) is 26.9 Å². The highest BCUT2D eigenvalue weighted by Gasteiger charge is 2.37. The van der Waals surface area contributed by atoms with E-state index < -0.39 is 10.0 Å². The normalized spacial score (nSPS) is 17.7. The summed E-state index contributed by atoms with van der Waals surface area (Å²) in [6, 6.07) is 20.3. The van der Waals surface area contributed by atoms with E-state index in [9.17, 15) is 8.42 Å². The van der Waals surface area contributed by atoms with E-state index in [4.69, 9.17) is 9.47 Å². The van der Waals surface area contributed by atoms with Gasteiger partial charge in [0.15, 0.2) is 0 Å². The topological polar surface area (TPSA) is 64.6 Å². The highest BCUT2D eigenvalue weighted by molar-refractivity contribution is 8.00. The maximum Gasteiger partial charge on any atom is 0.241 e. The molecule has 0 spiro atoms. The lowest BCUT2D eigenvalue weighted by Gasteiger charge is -2.24. The van der Waals surface area contributed by atoms with Crippen LogP contribution in [0.1, 0.15) is 36.6 Å². The van der Waals surface area contributed by atoms with Gasteiger partial charge in [-0.15, -0.1) is 11.8 Å². The van der Waals surface area contributed by atoms with E-state index in [1.165, 1.54) is 0 Å². The predicted octanol–water partition coefficient (Wildman–Crippen LogP) is 5.53. The molecule has 0 unspecified atom stereocenters. The quantitative estimate of drug-likeness (QED) is 0.457. The van der Waals surface area contributed by atoms with Gasteiger partial charge in [-0.2, -0.15) is 0 Å². The number of rotatable bonds is 8. The minimum absolute atomic E-state index is 0.00747. The summed E-state index contributed by atoms with van der Waals surface area (Å²) in [4.78, 5) is 1.15. The summed E-state index contributed by atoms with van der Waals surface area (Å²) in [6.45, 7) is 5.91. The zero-order valence-corrected chi connectivity index (χ0v) is 20.9. The molecule has 0 radical (unpaired) electrons. The summed E-state index contributed by atoms with van der Waals surface area (Å²) >= 11 is 1.60. The second kappa shape index (κ2) is 9.79. The zero-order valence-electron chi connectivity index (χ0n) is 19.2. The van der Waals surface area contributed by atoms with E-state index in [1.807, 2.05) is 69.3 Å². The molecule has 0 aromatic heterocycles. The van der Waals surface area contributed by atoms with Crippen molar-refractivity contribution in [1.29, 1.82) is 0 Å². The van der Waals surface area contributed by atoms with Crippen molar-refractivity contribution in [3.8, 4) is 11.5 Å². The lowest BCUT2D eigenvalue weighted by Crippen LogP contribution is -2.32. The number of aryl methyl sites for hydroxylation is 1. The molecule has 174 valence electrons. The Morgan fingerprint density at radius 1 is 0.970 bits per heavy atom. The van der Waals surface area contributed by atoms with Crippen LogP contribution in [0.4, 0.5) is 0 Å².